The van der Waals surface area contributed by atoms with Crippen molar-refractivity contribution in [3.63, 3.8) is 0 Å². The normalized spacial score (nSPS) is 12.2. The highest BCUT2D eigenvalue weighted by Gasteiger charge is 2.08. The zero-order chi connectivity index (χ0) is 13.8. The first-order chi connectivity index (χ1) is 9.13. The largest absolute Gasteiger partial charge is 0.303 e. The number of hydrogen-bond donors (Lipinski definition) is 0. The van der Waals surface area contributed by atoms with Gasteiger partial charge >= 0.3 is 0 Å². The Morgan fingerprint density at radius 1 is 1.00 bits per heavy atom. The van der Waals surface area contributed by atoms with E-state index in [4.69, 9.17) is 5.26 Å². The van der Waals surface area contributed by atoms with Crippen molar-refractivity contribution < 1.29 is 0 Å². The van der Waals surface area contributed by atoms with E-state index >= 15 is 0 Å². The summed E-state index contributed by atoms with van der Waals surface area (Å²) in [4.78, 5) is 2.18. The molecule has 0 saturated carbocycles. The lowest BCUT2D eigenvalue weighted by Gasteiger charge is -2.20. The van der Waals surface area contributed by atoms with Gasteiger partial charge in [-0.2, -0.15) is 5.26 Å². The van der Waals surface area contributed by atoms with Gasteiger partial charge in [-0.3, -0.25) is 0 Å². The van der Waals surface area contributed by atoms with Crippen molar-refractivity contribution in [1.29, 1.82) is 5.26 Å². The predicted molar refractivity (Wildman–Crippen MR) is 78.7 cm³/mol. The summed E-state index contributed by atoms with van der Waals surface area (Å²) < 4.78 is 0. The second kappa shape index (κ2) is 5.69. The third-order valence-electron chi connectivity index (χ3n) is 3.53. The monoisotopic (exact) mass is 250 g/mol. The van der Waals surface area contributed by atoms with Crippen molar-refractivity contribution in [3.05, 3.63) is 59.7 Å². The predicted octanol–water partition coefficient (Wildman–Crippen LogP) is 3.85. The number of nitriles is 1. The van der Waals surface area contributed by atoms with E-state index in [2.05, 4.69) is 56.3 Å². The SMILES string of the molecule is C[C@H](c1ccc(-c2ccccc2C#N)cc1)N(C)C. The van der Waals surface area contributed by atoms with Gasteiger partial charge in [0.05, 0.1) is 11.6 Å². The minimum atomic E-state index is 0.389. The Balaban J connectivity index is 2.36. The second-order valence-electron chi connectivity index (χ2n) is 4.92. The van der Waals surface area contributed by atoms with Gasteiger partial charge in [-0.15, -0.1) is 0 Å². The molecule has 2 aromatic rings. The van der Waals surface area contributed by atoms with E-state index in [-0.39, 0.29) is 0 Å². The maximum absolute atomic E-state index is 9.14. The van der Waals surface area contributed by atoms with Crippen LogP contribution in [-0.4, -0.2) is 19.0 Å². The van der Waals surface area contributed by atoms with E-state index in [1.54, 1.807) is 0 Å². The molecule has 0 N–H and O–H groups in total. The summed E-state index contributed by atoms with van der Waals surface area (Å²) in [6.45, 7) is 2.18. The fourth-order valence-corrected chi connectivity index (χ4v) is 2.07. The molecule has 2 nitrogen and oxygen atoms in total. The summed E-state index contributed by atoms with van der Waals surface area (Å²) in [6.07, 6.45) is 0. The van der Waals surface area contributed by atoms with Crippen LogP contribution in [0.25, 0.3) is 11.1 Å². The first-order valence-electron chi connectivity index (χ1n) is 6.39. The van der Waals surface area contributed by atoms with Gasteiger partial charge in [-0.1, -0.05) is 42.5 Å². The van der Waals surface area contributed by atoms with Gasteiger partial charge in [0, 0.05) is 6.04 Å². The maximum Gasteiger partial charge on any atom is 0.0998 e. The van der Waals surface area contributed by atoms with Crippen LogP contribution in [0.3, 0.4) is 0 Å². The molecule has 0 radical (unpaired) electrons. The molecule has 0 spiro atoms. The summed E-state index contributed by atoms with van der Waals surface area (Å²) in [5.74, 6) is 0. The van der Waals surface area contributed by atoms with Crippen LogP contribution in [0, 0.1) is 11.3 Å². The van der Waals surface area contributed by atoms with Crippen molar-refractivity contribution in [3.8, 4) is 17.2 Å². The van der Waals surface area contributed by atoms with Gasteiger partial charge in [0.15, 0.2) is 0 Å². The average Bonchev–Trinajstić information content (AvgIpc) is 2.46. The molecule has 2 aromatic carbocycles. The molecule has 0 aliphatic rings. The highest BCUT2D eigenvalue weighted by molar-refractivity contribution is 5.70. The molecule has 0 aliphatic heterocycles. The van der Waals surface area contributed by atoms with Gasteiger partial charge in [0.25, 0.3) is 0 Å². The fourth-order valence-electron chi connectivity index (χ4n) is 2.07. The molecular weight excluding hydrogens is 232 g/mol. The number of benzene rings is 2. The maximum atomic E-state index is 9.14. The number of nitrogens with zero attached hydrogens (tertiary/aromatic N) is 2. The van der Waals surface area contributed by atoms with E-state index in [0.717, 1.165) is 16.7 Å². The highest BCUT2D eigenvalue weighted by Crippen LogP contribution is 2.25. The Bertz CT molecular complexity index is 591. The Labute approximate surface area is 114 Å². The van der Waals surface area contributed by atoms with Crippen LogP contribution in [0.4, 0.5) is 0 Å². The Morgan fingerprint density at radius 2 is 1.63 bits per heavy atom. The summed E-state index contributed by atoms with van der Waals surface area (Å²) in [5.41, 5.74) is 4.08. The molecule has 96 valence electrons. The minimum Gasteiger partial charge on any atom is -0.303 e. The van der Waals surface area contributed by atoms with Crippen molar-refractivity contribution in [2.24, 2.45) is 0 Å². The molecule has 0 unspecified atom stereocenters. The quantitative estimate of drug-likeness (QED) is 0.827. The third kappa shape index (κ3) is 2.83. The Kier molecular flexibility index (Phi) is 3.99. The van der Waals surface area contributed by atoms with E-state index in [1.165, 1.54) is 5.56 Å². The highest BCUT2D eigenvalue weighted by atomic mass is 15.1. The van der Waals surface area contributed by atoms with Crippen molar-refractivity contribution >= 4 is 0 Å². The summed E-state index contributed by atoms with van der Waals surface area (Å²) in [6, 6.07) is 18.8. The first kappa shape index (κ1) is 13.3. The van der Waals surface area contributed by atoms with Crippen LogP contribution in [0.15, 0.2) is 48.5 Å². The molecule has 0 aromatic heterocycles. The van der Waals surface area contributed by atoms with Crippen LogP contribution >= 0.6 is 0 Å². The van der Waals surface area contributed by atoms with Crippen LogP contribution in [0.2, 0.25) is 0 Å². The van der Waals surface area contributed by atoms with Crippen LogP contribution in [-0.2, 0) is 0 Å². The lowest BCUT2D eigenvalue weighted by atomic mass is 9.98. The molecule has 19 heavy (non-hydrogen) atoms. The van der Waals surface area contributed by atoms with Gasteiger partial charge in [0.2, 0.25) is 0 Å². The van der Waals surface area contributed by atoms with Gasteiger partial charge in [-0.25, -0.2) is 0 Å². The van der Waals surface area contributed by atoms with Crippen molar-refractivity contribution in [1.82, 2.24) is 4.90 Å². The molecule has 0 aliphatic carbocycles. The standard InChI is InChI=1S/C17H18N2/c1-13(19(2)3)14-8-10-15(11-9-14)17-7-5-4-6-16(17)12-18/h4-11,13H,1-3H3/t13-/m1/s1. The average molecular weight is 250 g/mol. The first-order valence-corrected chi connectivity index (χ1v) is 6.39. The van der Waals surface area contributed by atoms with E-state index in [0.29, 0.717) is 6.04 Å². The number of rotatable bonds is 3. The van der Waals surface area contributed by atoms with Crippen molar-refractivity contribution in [2.75, 3.05) is 14.1 Å². The smallest absolute Gasteiger partial charge is 0.0998 e. The van der Waals surface area contributed by atoms with E-state index < -0.39 is 0 Å². The molecule has 2 heteroatoms. The zero-order valence-electron chi connectivity index (χ0n) is 11.6. The molecule has 0 saturated heterocycles. The zero-order valence-corrected chi connectivity index (χ0v) is 11.6. The van der Waals surface area contributed by atoms with Crippen LogP contribution < -0.4 is 0 Å². The van der Waals surface area contributed by atoms with Gasteiger partial charge < -0.3 is 4.90 Å². The molecule has 1 atom stereocenters. The Morgan fingerprint density at radius 3 is 2.21 bits per heavy atom. The van der Waals surface area contributed by atoms with Crippen LogP contribution in [0.5, 0.6) is 0 Å². The molecule has 0 amide bonds. The molecule has 0 bridgehead atoms. The topological polar surface area (TPSA) is 27.0 Å². The van der Waals surface area contributed by atoms with Gasteiger partial charge in [-0.05, 0) is 43.8 Å². The second-order valence-corrected chi connectivity index (χ2v) is 4.92. The molecule has 0 heterocycles. The number of hydrogen-bond acceptors (Lipinski definition) is 2. The fraction of sp³-hybridized carbons (Fsp3) is 0.235. The van der Waals surface area contributed by atoms with Crippen molar-refractivity contribution in [2.45, 2.75) is 13.0 Å². The lowest BCUT2D eigenvalue weighted by Crippen LogP contribution is -2.16. The minimum absolute atomic E-state index is 0.389. The van der Waals surface area contributed by atoms with Crippen LogP contribution in [0.1, 0.15) is 24.1 Å². The summed E-state index contributed by atoms with van der Waals surface area (Å²) >= 11 is 0. The summed E-state index contributed by atoms with van der Waals surface area (Å²) in [5, 5.41) is 9.14. The molecule has 2 rings (SSSR count). The Hall–Kier alpha value is -2.11. The molecular formula is C17H18N2. The third-order valence-corrected chi connectivity index (χ3v) is 3.53. The molecule has 0 fully saturated rings. The summed E-state index contributed by atoms with van der Waals surface area (Å²) in [7, 11) is 4.15. The van der Waals surface area contributed by atoms with Gasteiger partial charge in [0.1, 0.15) is 0 Å². The van der Waals surface area contributed by atoms with E-state index in [1.807, 2.05) is 24.3 Å². The lowest BCUT2D eigenvalue weighted by molar-refractivity contribution is 0.321. The van der Waals surface area contributed by atoms with E-state index in [9.17, 15) is 0 Å².